The zero-order valence-corrected chi connectivity index (χ0v) is 11.9. The number of ether oxygens (including phenoxy) is 1. The summed E-state index contributed by atoms with van der Waals surface area (Å²) >= 11 is 3.21. The van der Waals surface area contributed by atoms with Crippen molar-refractivity contribution in [2.75, 3.05) is 6.61 Å². The third-order valence-electron chi connectivity index (χ3n) is 2.29. The first-order chi connectivity index (χ1) is 9.24. The van der Waals surface area contributed by atoms with Gasteiger partial charge in [0.05, 0.1) is 6.61 Å². The molecule has 2 heterocycles. The second kappa shape index (κ2) is 6.32. The standard InChI is InChI=1S/C14H11NO2S2/c1-2-17-14(16)10(9-15)8-11-5-6-13(19-11)12-4-3-7-18-12/h3-8H,2H2,1H3/b10-8-. The van der Waals surface area contributed by atoms with Crippen molar-refractivity contribution in [2.45, 2.75) is 6.92 Å². The molecule has 0 aliphatic heterocycles. The molecular weight excluding hydrogens is 278 g/mol. The fourth-order valence-corrected chi connectivity index (χ4v) is 3.26. The molecule has 19 heavy (non-hydrogen) atoms. The van der Waals surface area contributed by atoms with Crippen molar-refractivity contribution in [3.05, 3.63) is 40.1 Å². The number of nitrogens with zero attached hydrogens (tertiary/aromatic N) is 1. The summed E-state index contributed by atoms with van der Waals surface area (Å²) in [6, 6.07) is 9.80. The number of esters is 1. The van der Waals surface area contributed by atoms with Gasteiger partial charge in [0.15, 0.2) is 0 Å². The van der Waals surface area contributed by atoms with E-state index in [0.29, 0.717) is 0 Å². The van der Waals surface area contributed by atoms with Gasteiger partial charge in [-0.3, -0.25) is 0 Å². The van der Waals surface area contributed by atoms with Crippen molar-refractivity contribution >= 4 is 34.7 Å². The molecule has 0 fully saturated rings. The first-order valence-corrected chi connectivity index (χ1v) is 7.37. The molecular formula is C14H11NO2S2. The molecule has 3 nitrogen and oxygen atoms in total. The molecule has 0 radical (unpaired) electrons. The highest BCUT2D eigenvalue weighted by molar-refractivity contribution is 7.21. The molecule has 96 valence electrons. The van der Waals surface area contributed by atoms with E-state index in [2.05, 4.69) is 0 Å². The number of hydrogen-bond acceptors (Lipinski definition) is 5. The van der Waals surface area contributed by atoms with Gasteiger partial charge in [0.2, 0.25) is 0 Å². The average molecular weight is 289 g/mol. The van der Waals surface area contributed by atoms with Gasteiger partial charge in [-0.25, -0.2) is 4.79 Å². The maximum atomic E-state index is 11.5. The van der Waals surface area contributed by atoms with E-state index < -0.39 is 5.97 Å². The average Bonchev–Trinajstić information content (AvgIpc) is 3.06. The number of nitriles is 1. The van der Waals surface area contributed by atoms with E-state index in [9.17, 15) is 4.79 Å². The van der Waals surface area contributed by atoms with Crippen LogP contribution in [0, 0.1) is 11.3 Å². The van der Waals surface area contributed by atoms with Crippen molar-refractivity contribution in [3.8, 4) is 15.8 Å². The number of carbonyl (C=O) groups excluding carboxylic acids is 1. The Balaban J connectivity index is 2.23. The van der Waals surface area contributed by atoms with Crippen molar-refractivity contribution in [3.63, 3.8) is 0 Å². The van der Waals surface area contributed by atoms with Crippen LogP contribution in [-0.4, -0.2) is 12.6 Å². The molecule has 2 aromatic rings. The minimum atomic E-state index is -0.573. The highest BCUT2D eigenvalue weighted by Crippen LogP contribution is 2.32. The minimum absolute atomic E-state index is 0.0291. The zero-order valence-electron chi connectivity index (χ0n) is 10.3. The van der Waals surface area contributed by atoms with Gasteiger partial charge in [0, 0.05) is 14.6 Å². The molecule has 0 aromatic carbocycles. The number of rotatable bonds is 4. The van der Waals surface area contributed by atoms with Gasteiger partial charge in [0.1, 0.15) is 11.6 Å². The smallest absolute Gasteiger partial charge is 0.348 e. The molecule has 0 N–H and O–H groups in total. The Morgan fingerprint density at radius 2 is 2.26 bits per heavy atom. The third kappa shape index (κ3) is 3.31. The first kappa shape index (κ1) is 13.5. The summed E-state index contributed by atoms with van der Waals surface area (Å²) in [4.78, 5) is 14.7. The Bertz CT molecular complexity index is 633. The minimum Gasteiger partial charge on any atom is -0.462 e. The summed E-state index contributed by atoms with van der Waals surface area (Å²) in [5.74, 6) is -0.573. The van der Waals surface area contributed by atoms with Crippen LogP contribution < -0.4 is 0 Å². The Labute approximate surface area is 119 Å². The summed E-state index contributed by atoms with van der Waals surface area (Å²) in [5, 5.41) is 11.0. The van der Waals surface area contributed by atoms with Crippen molar-refractivity contribution < 1.29 is 9.53 Å². The summed E-state index contributed by atoms with van der Waals surface area (Å²) in [6.07, 6.45) is 1.57. The molecule has 0 bridgehead atoms. The van der Waals surface area contributed by atoms with Crippen LogP contribution in [0.25, 0.3) is 15.8 Å². The maximum absolute atomic E-state index is 11.5. The summed E-state index contributed by atoms with van der Waals surface area (Å²) in [5.41, 5.74) is 0.0291. The molecule has 0 saturated carbocycles. The lowest BCUT2D eigenvalue weighted by molar-refractivity contribution is -0.137. The number of carbonyl (C=O) groups is 1. The lowest BCUT2D eigenvalue weighted by Gasteiger charge is -1.98. The van der Waals surface area contributed by atoms with Gasteiger partial charge in [-0.15, -0.1) is 22.7 Å². The van der Waals surface area contributed by atoms with Gasteiger partial charge < -0.3 is 4.74 Å². The van der Waals surface area contributed by atoms with Gasteiger partial charge in [-0.1, -0.05) is 6.07 Å². The van der Waals surface area contributed by atoms with Crippen LogP contribution in [-0.2, 0) is 9.53 Å². The van der Waals surface area contributed by atoms with Crippen LogP contribution in [0.3, 0.4) is 0 Å². The molecule has 0 amide bonds. The second-order valence-electron chi connectivity index (χ2n) is 3.57. The van der Waals surface area contributed by atoms with Crippen LogP contribution in [0.4, 0.5) is 0 Å². The SMILES string of the molecule is CCOC(=O)/C(C#N)=C\c1ccc(-c2cccs2)s1. The molecule has 2 aromatic heterocycles. The van der Waals surface area contributed by atoms with E-state index in [-0.39, 0.29) is 12.2 Å². The largest absolute Gasteiger partial charge is 0.462 e. The highest BCUT2D eigenvalue weighted by Gasteiger charge is 2.11. The van der Waals surface area contributed by atoms with Crippen LogP contribution >= 0.6 is 22.7 Å². The topological polar surface area (TPSA) is 50.1 Å². The summed E-state index contributed by atoms with van der Waals surface area (Å²) in [6.45, 7) is 1.98. The molecule has 0 aliphatic rings. The van der Waals surface area contributed by atoms with Crippen LogP contribution in [0.15, 0.2) is 35.2 Å². The van der Waals surface area contributed by atoms with E-state index in [1.807, 2.05) is 35.7 Å². The van der Waals surface area contributed by atoms with Crippen molar-refractivity contribution in [1.82, 2.24) is 0 Å². The zero-order chi connectivity index (χ0) is 13.7. The first-order valence-electron chi connectivity index (χ1n) is 5.67. The van der Waals surface area contributed by atoms with E-state index in [4.69, 9.17) is 10.00 Å². The predicted octanol–water partition coefficient (Wildman–Crippen LogP) is 3.95. The van der Waals surface area contributed by atoms with Crippen LogP contribution in [0.5, 0.6) is 0 Å². The van der Waals surface area contributed by atoms with Crippen LogP contribution in [0.2, 0.25) is 0 Å². The lowest BCUT2D eigenvalue weighted by atomic mass is 10.2. The monoisotopic (exact) mass is 289 g/mol. The Morgan fingerprint density at radius 1 is 1.42 bits per heavy atom. The quantitative estimate of drug-likeness (QED) is 0.486. The predicted molar refractivity (Wildman–Crippen MR) is 77.9 cm³/mol. The summed E-state index contributed by atoms with van der Waals surface area (Å²) < 4.78 is 4.82. The molecule has 2 rings (SSSR count). The van der Waals surface area contributed by atoms with Gasteiger partial charge in [-0.05, 0) is 36.6 Å². The van der Waals surface area contributed by atoms with E-state index in [1.165, 1.54) is 4.88 Å². The molecule has 0 spiro atoms. The van der Waals surface area contributed by atoms with Crippen molar-refractivity contribution in [1.29, 1.82) is 5.26 Å². The fourth-order valence-electron chi connectivity index (χ4n) is 1.47. The highest BCUT2D eigenvalue weighted by atomic mass is 32.1. The molecule has 0 unspecified atom stereocenters. The second-order valence-corrected chi connectivity index (χ2v) is 5.63. The Hall–Kier alpha value is -1.90. The van der Waals surface area contributed by atoms with Crippen LogP contribution in [0.1, 0.15) is 11.8 Å². The number of thiophene rings is 2. The molecule has 5 heteroatoms. The molecule has 0 saturated heterocycles. The Morgan fingerprint density at radius 3 is 2.89 bits per heavy atom. The fraction of sp³-hybridized carbons (Fsp3) is 0.143. The van der Waals surface area contributed by atoms with E-state index in [0.717, 1.165) is 9.75 Å². The third-order valence-corrected chi connectivity index (χ3v) is 4.39. The molecule has 0 aliphatic carbocycles. The van der Waals surface area contributed by atoms with Crippen molar-refractivity contribution in [2.24, 2.45) is 0 Å². The number of hydrogen-bond donors (Lipinski definition) is 0. The lowest BCUT2D eigenvalue weighted by Crippen LogP contribution is -2.05. The summed E-state index contributed by atoms with van der Waals surface area (Å²) in [7, 11) is 0. The van der Waals surface area contributed by atoms with Gasteiger partial charge >= 0.3 is 5.97 Å². The van der Waals surface area contributed by atoms with E-state index >= 15 is 0 Å². The molecule has 0 atom stereocenters. The van der Waals surface area contributed by atoms with E-state index in [1.54, 1.807) is 35.7 Å². The Kier molecular flexibility index (Phi) is 4.50. The van der Waals surface area contributed by atoms with Gasteiger partial charge in [0.25, 0.3) is 0 Å². The van der Waals surface area contributed by atoms with Gasteiger partial charge in [-0.2, -0.15) is 5.26 Å². The maximum Gasteiger partial charge on any atom is 0.348 e. The normalized spacial score (nSPS) is 11.1.